The minimum atomic E-state index is -4.66. The van der Waals surface area contributed by atoms with Crippen LogP contribution in [0.3, 0.4) is 0 Å². The highest BCUT2D eigenvalue weighted by Crippen LogP contribution is 2.45. The van der Waals surface area contributed by atoms with Crippen LogP contribution >= 0.6 is 11.3 Å². The number of hydrogen-bond acceptors (Lipinski definition) is 10. The minimum absolute atomic E-state index is 0.139. The van der Waals surface area contributed by atoms with Crippen LogP contribution in [0.1, 0.15) is 35.7 Å². The van der Waals surface area contributed by atoms with Crippen LogP contribution in [-0.2, 0) is 19.8 Å². The maximum Gasteiger partial charge on any atom is 0.434 e. The summed E-state index contributed by atoms with van der Waals surface area (Å²) in [5, 5.41) is 0. The molecule has 5 aromatic heterocycles. The van der Waals surface area contributed by atoms with Crippen LogP contribution in [-0.4, -0.2) is 46.6 Å². The molecule has 0 unspecified atom stereocenters. The number of pyridine rings is 1. The molecule has 5 heterocycles. The molecule has 1 aliphatic rings. The van der Waals surface area contributed by atoms with Gasteiger partial charge in [0.05, 0.1) is 18.3 Å². The fraction of sp³-hybridized carbons (Fsp3) is 0.292. The van der Waals surface area contributed by atoms with Crippen molar-refractivity contribution in [3.8, 4) is 34.7 Å². The van der Waals surface area contributed by atoms with E-state index < -0.39 is 17.7 Å². The summed E-state index contributed by atoms with van der Waals surface area (Å²) in [4.78, 5) is 30.2. The molecule has 0 amide bonds. The lowest BCUT2D eigenvalue weighted by Gasteiger charge is -2.12. The molecule has 200 valence electrons. The highest BCUT2D eigenvalue weighted by Gasteiger charge is 2.35. The van der Waals surface area contributed by atoms with Crippen molar-refractivity contribution < 1.29 is 27.0 Å². The van der Waals surface area contributed by atoms with E-state index in [9.17, 15) is 17.6 Å². The average Bonchev–Trinajstić information content (AvgIpc) is 3.51. The Labute approximate surface area is 221 Å². The number of ether oxygens (including phenoxy) is 2. The lowest BCUT2D eigenvalue weighted by molar-refractivity contribution is -0.140. The third kappa shape index (κ3) is 4.73. The van der Waals surface area contributed by atoms with Gasteiger partial charge >= 0.3 is 6.18 Å². The molecule has 0 radical (unpaired) electrons. The Hall–Kier alpha value is -4.27. The van der Waals surface area contributed by atoms with Gasteiger partial charge in [0, 0.05) is 30.9 Å². The second kappa shape index (κ2) is 9.48. The van der Waals surface area contributed by atoms with Crippen molar-refractivity contribution in [3.05, 3.63) is 53.1 Å². The molecule has 1 fully saturated rings. The van der Waals surface area contributed by atoms with Crippen LogP contribution in [0.15, 0.2) is 30.3 Å². The maximum atomic E-state index is 14.9. The third-order valence-electron chi connectivity index (χ3n) is 6.04. The number of thiazole rings is 1. The topological polar surface area (TPSA) is 114 Å². The summed E-state index contributed by atoms with van der Waals surface area (Å²) in [7, 11) is 2.84. The van der Waals surface area contributed by atoms with Crippen LogP contribution in [0.4, 0.5) is 17.6 Å². The molecule has 0 aromatic carbocycles. The quantitative estimate of drug-likeness (QED) is 0.256. The van der Waals surface area contributed by atoms with Gasteiger partial charge in [-0.05, 0) is 18.9 Å². The number of aromatic nitrogens is 8. The predicted molar refractivity (Wildman–Crippen MR) is 130 cm³/mol. The van der Waals surface area contributed by atoms with Crippen LogP contribution in [0, 0.1) is 5.82 Å². The van der Waals surface area contributed by atoms with E-state index in [0.29, 0.717) is 33.2 Å². The molecule has 39 heavy (non-hydrogen) atoms. The molecule has 0 atom stereocenters. The van der Waals surface area contributed by atoms with Crippen molar-refractivity contribution in [2.45, 2.75) is 31.5 Å². The van der Waals surface area contributed by atoms with Gasteiger partial charge in [-0.1, -0.05) is 0 Å². The number of fused-ring (bicyclic) bond motifs is 1. The van der Waals surface area contributed by atoms with Crippen LogP contribution < -0.4 is 9.47 Å². The molecule has 15 heteroatoms. The first kappa shape index (κ1) is 25.0. The Morgan fingerprint density at radius 3 is 2.59 bits per heavy atom. The van der Waals surface area contributed by atoms with Crippen LogP contribution in [0.25, 0.3) is 33.3 Å². The van der Waals surface area contributed by atoms with Gasteiger partial charge in [0.15, 0.2) is 33.5 Å². The molecule has 0 saturated heterocycles. The largest absolute Gasteiger partial charge is 0.480 e. The molecular weight excluding hydrogens is 540 g/mol. The Balaban J connectivity index is 1.31. The van der Waals surface area contributed by atoms with Gasteiger partial charge in [-0.2, -0.15) is 18.2 Å². The Bertz CT molecular complexity index is 1700. The molecule has 6 rings (SSSR count). The molecule has 0 bridgehead atoms. The van der Waals surface area contributed by atoms with Gasteiger partial charge in [-0.3, -0.25) is 0 Å². The van der Waals surface area contributed by atoms with Gasteiger partial charge in [0.25, 0.3) is 0 Å². The molecule has 5 aromatic rings. The van der Waals surface area contributed by atoms with Crippen molar-refractivity contribution in [2.24, 2.45) is 7.05 Å². The van der Waals surface area contributed by atoms with E-state index >= 15 is 0 Å². The van der Waals surface area contributed by atoms with Crippen molar-refractivity contribution >= 4 is 21.7 Å². The summed E-state index contributed by atoms with van der Waals surface area (Å²) in [6.07, 6.45) is 0.847. The van der Waals surface area contributed by atoms with Gasteiger partial charge < -0.3 is 14.0 Å². The number of hydrogen-bond donors (Lipinski definition) is 0. The zero-order valence-corrected chi connectivity index (χ0v) is 21.2. The number of aryl methyl sites for hydroxylation is 1. The smallest absolute Gasteiger partial charge is 0.434 e. The number of halogens is 4. The monoisotopic (exact) mass is 558 g/mol. The normalized spacial score (nSPS) is 13.7. The molecule has 1 aliphatic carbocycles. The number of rotatable bonds is 7. The average molecular weight is 559 g/mol. The SMILES string of the molecule is COc1ncnc(C2CC2)c1-c1nc(OCc2cnc(-c3nc(C(F)(F)F)cn3C)c(F)c2)c2ncsc2n1. The summed E-state index contributed by atoms with van der Waals surface area (Å²) in [5.74, 6) is -0.0151. The van der Waals surface area contributed by atoms with Gasteiger partial charge in [0.2, 0.25) is 11.8 Å². The fourth-order valence-electron chi connectivity index (χ4n) is 4.06. The summed E-state index contributed by atoms with van der Waals surface area (Å²) < 4.78 is 66.5. The standard InChI is InChI=1S/C24H18F4N8O2S/c1-36-7-14(24(26,27)28)33-20(36)17-13(25)5-11(6-29-17)8-38-22-18-23(39-10-32-18)35-19(34-22)15-16(12-3-4-12)30-9-31-21(15)37-2/h5-7,9-10,12H,3-4,8H2,1-2H3. The maximum absolute atomic E-state index is 14.9. The van der Waals surface area contributed by atoms with E-state index in [2.05, 4.69) is 34.9 Å². The first-order valence-corrected chi connectivity index (χ1v) is 12.5. The van der Waals surface area contributed by atoms with E-state index in [0.717, 1.165) is 35.4 Å². The molecule has 0 N–H and O–H groups in total. The first-order valence-electron chi connectivity index (χ1n) is 11.6. The number of nitrogens with zero attached hydrogens (tertiary/aromatic N) is 8. The van der Waals surface area contributed by atoms with Gasteiger partial charge in [-0.15, -0.1) is 11.3 Å². The molecule has 0 aliphatic heterocycles. The van der Waals surface area contributed by atoms with Crippen LogP contribution in [0.5, 0.6) is 11.8 Å². The van der Waals surface area contributed by atoms with Crippen molar-refractivity contribution in [3.63, 3.8) is 0 Å². The van der Waals surface area contributed by atoms with Crippen molar-refractivity contribution in [2.75, 3.05) is 7.11 Å². The molecular formula is C24H18F4N8O2S. The van der Waals surface area contributed by atoms with E-state index in [1.807, 2.05) is 0 Å². The molecule has 10 nitrogen and oxygen atoms in total. The lowest BCUT2D eigenvalue weighted by atomic mass is 10.1. The Morgan fingerprint density at radius 2 is 1.90 bits per heavy atom. The highest BCUT2D eigenvalue weighted by atomic mass is 32.1. The summed E-state index contributed by atoms with van der Waals surface area (Å²) >= 11 is 1.30. The third-order valence-corrected chi connectivity index (χ3v) is 6.76. The zero-order valence-electron chi connectivity index (χ0n) is 20.4. The lowest BCUT2D eigenvalue weighted by Crippen LogP contribution is -2.06. The van der Waals surface area contributed by atoms with E-state index in [1.165, 1.54) is 38.0 Å². The van der Waals surface area contributed by atoms with Gasteiger partial charge in [-0.25, -0.2) is 34.3 Å². The zero-order chi connectivity index (χ0) is 27.3. The fourth-order valence-corrected chi connectivity index (χ4v) is 4.71. The predicted octanol–water partition coefficient (Wildman–Crippen LogP) is 4.96. The van der Waals surface area contributed by atoms with Crippen LogP contribution in [0.2, 0.25) is 0 Å². The van der Waals surface area contributed by atoms with Crippen molar-refractivity contribution in [1.82, 2.24) is 39.5 Å². The number of imidazole rings is 1. The van der Waals surface area contributed by atoms with E-state index in [-0.39, 0.29) is 29.9 Å². The summed E-state index contributed by atoms with van der Waals surface area (Å²) in [5.41, 5.74) is 2.27. The molecule has 0 spiro atoms. The minimum Gasteiger partial charge on any atom is -0.480 e. The number of alkyl halides is 3. The first-order chi connectivity index (χ1) is 18.7. The Kier molecular flexibility index (Phi) is 6.09. The summed E-state index contributed by atoms with van der Waals surface area (Å²) in [6, 6.07) is 1.13. The van der Waals surface area contributed by atoms with Gasteiger partial charge in [0.1, 0.15) is 24.2 Å². The Morgan fingerprint density at radius 1 is 1.08 bits per heavy atom. The molecule has 1 saturated carbocycles. The number of methoxy groups -OCH3 is 1. The van der Waals surface area contributed by atoms with E-state index in [4.69, 9.17) is 9.47 Å². The second-order valence-corrected chi connectivity index (χ2v) is 9.63. The second-order valence-electron chi connectivity index (χ2n) is 8.80. The summed E-state index contributed by atoms with van der Waals surface area (Å²) in [6.45, 7) is -0.139. The van der Waals surface area contributed by atoms with Crippen molar-refractivity contribution in [1.29, 1.82) is 0 Å². The highest BCUT2D eigenvalue weighted by molar-refractivity contribution is 7.16. The van der Waals surface area contributed by atoms with E-state index in [1.54, 1.807) is 5.51 Å².